The molecular weight excluding hydrogens is 224 g/mol. The predicted molar refractivity (Wildman–Crippen MR) is 74.1 cm³/mol. The molecule has 0 amide bonds. The number of hydrogen-bond acceptors (Lipinski definition) is 3. The topological polar surface area (TPSA) is 33.2 Å². The summed E-state index contributed by atoms with van der Waals surface area (Å²) in [5.41, 5.74) is 1.76. The average molecular weight is 246 g/mol. The van der Waals surface area contributed by atoms with Crippen molar-refractivity contribution in [3.63, 3.8) is 0 Å². The second-order valence-electron chi connectivity index (χ2n) is 4.96. The molecule has 1 saturated carbocycles. The molecule has 1 aromatic rings. The number of rotatable bonds is 7. The summed E-state index contributed by atoms with van der Waals surface area (Å²) in [4.78, 5) is 18.3. The summed E-state index contributed by atoms with van der Waals surface area (Å²) in [6, 6.07) is 4.61. The van der Waals surface area contributed by atoms with Crippen LogP contribution in [0.4, 0.5) is 5.69 Å². The average Bonchev–Trinajstić information content (AvgIpc) is 3.24. The molecule has 0 bridgehead atoms. The molecule has 1 aromatic heterocycles. The number of carbonyl (C=O) groups is 1. The summed E-state index contributed by atoms with van der Waals surface area (Å²) in [7, 11) is 0. The molecule has 2 rings (SSSR count). The fraction of sp³-hybridized carbons (Fsp3) is 0.600. The molecule has 0 N–H and O–H groups in total. The van der Waals surface area contributed by atoms with Crippen molar-refractivity contribution in [2.45, 2.75) is 52.0 Å². The highest BCUT2D eigenvalue weighted by atomic mass is 16.1. The molecule has 0 saturated heterocycles. The summed E-state index contributed by atoms with van der Waals surface area (Å²) in [5.74, 6) is 0.119. The largest absolute Gasteiger partial charge is 0.367 e. The molecule has 0 unspecified atom stereocenters. The van der Waals surface area contributed by atoms with Gasteiger partial charge < -0.3 is 4.90 Å². The van der Waals surface area contributed by atoms with E-state index in [4.69, 9.17) is 0 Å². The summed E-state index contributed by atoms with van der Waals surface area (Å²) >= 11 is 0. The first-order valence-corrected chi connectivity index (χ1v) is 7.02. The van der Waals surface area contributed by atoms with Gasteiger partial charge in [0.25, 0.3) is 0 Å². The number of pyridine rings is 1. The van der Waals surface area contributed by atoms with E-state index in [-0.39, 0.29) is 5.78 Å². The third kappa shape index (κ3) is 3.09. The zero-order valence-electron chi connectivity index (χ0n) is 11.4. The van der Waals surface area contributed by atoms with Gasteiger partial charge in [-0.15, -0.1) is 0 Å². The standard InChI is InChI=1S/C15H22N2O/c1-3-5-10-17(12-6-7-12)13-8-9-14(16-11-13)15(18)4-2/h8-9,11-12H,3-7,10H2,1-2H3. The van der Waals surface area contributed by atoms with Crippen molar-refractivity contribution < 1.29 is 4.79 Å². The highest BCUT2D eigenvalue weighted by molar-refractivity contribution is 5.94. The van der Waals surface area contributed by atoms with Gasteiger partial charge in [0, 0.05) is 19.0 Å². The normalized spacial score (nSPS) is 14.6. The SMILES string of the molecule is CCCCN(c1ccc(C(=O)CC)nc1)C1CC1. The summed E-state index contributed by atoms with van der Waals surface area (Å²) in [5, 5.41) is 0. The van der Waals surface area contributed by atoms with Crippen LogP contribution < -0.4 is 4.90 Å². The van der Waals surface area contributed by atoms with Gasteiger partial charge in [-0.3, -0.25) is 9.78 Å². The van der Waals surface area contributed by atoms with E-state index in [0.717, 1.165) is 6.54 Å². The van der Waals surface area contributed by atoms with E-state index in [9.17, 15) is 4.79 Å². The van der Waals surface area contributed by atoms with Gasteiger partial charge in [-0.1, -0.05) is 20.3 Å². The van der Waals surface area contributed by atoms with Gasteiger partial charge in [0.1, 0.15) is 5.69 Å². The minimum atomic E-state index is 0.119. The summed E-state index contributed by atoms with van der Waals surface area (Å²) in [6.45, 7) is 5.19. The number of nitrogens with zero attached hydrogens (tertiary/aromatic N) is 2. The molecule has 1 heterocycles. The van der Waals surface area contributed by atoms with Crippen LogP contribution in [0.3, 0.4) is 0 Å². The zero-order valence-corrected chi connectivity index (χ0v) is 11.4. The van der Waals surface area contributed by atoms with Crippen molar-refractivity contribution in [2.75, 3.05) is 11.4 Å². The Bertz CT molecular complexity index is 395. The third-order valence-corrected chi connectivity index (χ3v) is 3.43. The van der Waals surface area contributed by atoms with Crippen molar-refractivity contribution in [2.24, 2.45) is 0 Å². The minimum absolute atomic E-state index is 0.119. The number of hydrogen-bond donors (Lipinski definition) is 0. The molecular formula is C15H22N2O. The molecule has 1 fully saturated rings. The van der Waals surface area contributed by atoms with E-state index in [1.54, 1.807) is 0 Å². The summed E-state index contributed by atoms with van der Waals surface area (Å²) < 4.78 is 0. The monoisotopic (exact) mass is 246 g/mol. The van der Waals surface area contributed by atoms with Crippen molar-refractivity contribution in [1.29, 1.82) is 0 Å². The van der Waals surface area contributed by atoms with Crippen LogP contribution in [0, 0.1) is 0 Å². The first-order chi connectivity index (χ1) is 8.76. The molecule has 18 heavy (non-hydrogen) atoms. The Hall–Kier alpha value is -1.38. The van der Waals surface area contributed by atoms with Crippen LogP contribution in [0.15, 0.2) is 18.3 Å². The first-order valence-electron chi connectivity index (χ1n) is 7.02. The van der Waals surface area contributed by atoms with E-state index in [0.29, 0.717) is 18.2 Å². The Morgan fingerprint density at radius 3 is 2.67 bits per heavy atom. The minimum Gasteiger partial charge on any atom is -0.367 e. The fourth-order valence-electron chi connectivity index (χ4n) is 2.14. The number of carbonyl (C=O) groups excluding carboxylic acids is 1. The van der Waals surface area contributed by atoms with Crippen LogP contribution >= 0.6 is 0 Å². The molecule has 3 heteroatoms. The number of unbranched alkanes of at least 4 members (excludes halogenated alkanes) is 1. The molecule has 0 aliphatic heterocycles. The lowest BCUT2D eigenvalue weighted by Gasteiger charge is -2.24. The van der Waals surface area contributed by atoms with Crippen molar-refractivity contribution in [3.8, 4) is 0 Å². The van der Waals surface area contributed by atoms with Crippen LogP contribution in [-0.2, 0) is 0 Å². The number of aromatic nitrogens is 1. The summed E-state index contributed by atoms with van der Waals surface area (Å²) in [6.07, 6.45) is 7.39. The van der Waals surface area contributed by atoms with Gasteiger partial charge in [0.2, 0.25) is 0 Å². The maximum absolute atomic E-state index is 11.5. The Morgan fingerprint density at radius 2 is 2.17 bits per heavy atom. The second-order valence-corrected chi connectivity index (χ2v) is 4.96. The van der Waals surface area contributed by atoms with Crippen molar-refractivity contribution in [3.05, 3.63) is 24.0 Å². The van der Waals surface area contributed by atoms with Crippen LogP contribution in [-0.4, -0.2) is 23.4 Å². The van der Waals surface area contributed by atoms with Gasteiger partial charge in [-0.2, -0.15) is 0 Å². The van der Waals surface area contributed by atoms with Crippen molar-refractivity contribution in [1.82, 2.24) is 4.98 Å². The van der Waals surface area contributed by atoms with Crippen LogP contribution in [0.2, 0.25) is 0 Å². The lowest BCUT2D eigenvalue weighted by Crippen LogP contribution is -2.26. The van der Waals surface area contributed by atoms with E-state index in [1.807, 2.05) is 25.3 Å². The first kappa shape index (κ1) is 13.1. The molecule has 1 aliphatic carbocycles. The maximum Gasteiger partial charge on any atom is 0.180 e. The smallest absolute Gasteiger partial charge is 0.180 e. The second kappa shape index (κ2) is 5.98. The van der Waals surface area contributed by atoms with E-state index >= 15 is 0 Å². The molecule has 1 aliphatic rings. The molecule has 98 valence electrons. The molecule has 0 atom stereocenters. The van der Waals surface area contributed by atoms with Crippen molar-refractivity contribution >= 4 is 11.5 Å². The van der Waals surface area contributed by atoms with E-state index < -0.39 is 0 Å². The Kier molecular flexibility index (Phi) is 4.34. The highest BCUT2D eigenvalue weighted by Crippen LogP contribution is 2.31. The van der Waals surface area contributed by atoms with Gasteiger partial charge >= 0.3 is 0 Å². The van der Waals surface area contributed by atoms with Crippen LogP contribution in [0.1, 0.15) is 56.4 Å². The Labute approximate surface area is 109 Å². The van der Waals surface area contributed by atoms with E-state index in [2.05, 4.69) is 16.8 Å². The number of ketones is 1. The lowest BCUT2D eigenvalue weighted by atomic mass is 10.2. The predicted octanol–water partition coefficient (Wildman–Crippen LogP) is 3.44. The molecule has 0 aromatic carbocycles. The quantitative estimate of drug-likeness (QED) is 0.691. The molecule has 0 radical (unpaired) electrons. The van der Waals surface area contributed by atoms with E-state index in [1.165, 1.54) is 31.4 Å². The Balaban J connectivity index is 2.08. The lowest BCUT2D eigenvalue weighted by molar-refractivity contribution is 0.0983. The molecule has 0 spiro atoms. The number of Topliss-reactive ketones (excluding diaryl/α,β-unsaturated/α-hetero) is 1. The van der Waals surface area contributed by atoms with Gasteiger partial charge in [0.05, 0.1) is 11.9 Å². The third-order valence-electron chi connectivity index (χ3n) is 3.43. The fourth-order valence-corrected chi connectivity index (χ4v) is 2.14. The maximum atomic E-state index is 11.5. The van der Waals surface area contributed by atoms with Gasteiger partial charge in [-0.25, -0.2) is 0 Å². The highest BCUT2D eigenvalue weighted by Gasteiger charge is 2.28. The number of anilines is 1. The van der Waals surface area contributed by atoms with Gasteiger partial charge in [0.15, 0.2) is 5.78 Å². The van der Waals surface area contributed by atoms with Crippen LogP contribution in [0.5, 0.6) is 0 Å². The van der Waals surface area contributed by atoms with Gasteiger partial charge in [-0.05, 0) is 31.4 Å². The molecule has 3 nitrogen and oxygen atoms in total. The zero-order chi connectivity index (χ0) is 13.0. The van der Waals surface area contributed by atoms with Crippen LogP contribution in [0.25, 0.3) is 0 Å². The Morgan fingerprint density at radius 1 is 1.39 bits per heavy atom.